The molecule has 0 saturated carbocycles. The van der Waals surface area contributed by atoms with Gasteiger partial charge < -0.3 is 18.8 Å². The van der Waals surface area contributed by atoms with Crippen LogP contribution in [-0.2, 0) is 11.5 Å². The summed E-state index contributed by atoms with van der Waals surface area (Å²) in [5.74, 6) is 1.63. The molecule has 132 valence electrons. The Labute approximate surface area is 144 Å². The summed E-state index contributed by atoms with van der Waals surface area (Å²) >= 11 is 0. The lowest BCUT2D eigenvalue weighted by Gasteiger charge is -2.15. The molecule has 0 amide bonds. The first-order valence-electron chi connectivity index (χ1n) is 8.04. The Hall–Kier alpha value is -1.86. The zero-order valence-corrected chi connectivity index (χ0v) is 16.4. The predicted octanol–water partition coefficient (Wildman–Crippen LogP) is 3.58. The van der Waals surface area contributed by atoms with E-state index in [0.717, 1.165) is 23.8 Å². The summed E-state index contributed by atoms with van der Waals surface area (Å²) in [5.41, 5.74) is 1.70. The lowest BCUT2D eigenvalue weighted by atomic mass is 10.1. The van der Waals surface area contributed by atoms with Crippen molar-refractivity contribution in [2.45, 2.75) is 39.3 Å². The average Bonchev–Trinajstić information content (AvgIpc) is 2.98. The van der Waals surface area contributed by atoms with E-state index in [9.17, 15) is 0 Å². The monoisotopic (exact) mass is 349 g/mol. The highest BCUT2D eigenvalue weighted by Gasteiger charge is 2.18. The normalized spacial score (nSPS) is 11.6. The van der Waals surface area contributed by atoms with E-state index in [-0.39, 0.29) is 0 Å². The molecule has 2 aromatic rings. The summed E-state index contributed by atoms with van der Waals surface area (Å²) in [6, 6.07) is 3.15. The van der Waals surface area contributed by atoms with Gasteiger partial charge in [-0.15, -0.1) is 0 Å². The van der Waals surface area contributed by atoms with E-state index in [1.54, 1.807) is 14.2 Å². The van der Waals surface area contributed by atoms with Crippen LogP contribution >= 0.6 is 0 Å². The number of hydrogen-bond acceptors (Lipinski definition) is 5. The number of ether oxygens (including phenoxy) is 3. The van der Waals surface area contributed by atoms with Crippen molar-refractivity contribution in [3.8, 4) is 22.9 Å². The molecule has 0 aliphatic heterocycles. The third-order valence-electron chi connectivity index (χ3n) is 3.62. The van der Waals surface area contributed by atoms with Gasteiger partial charge in [-0.2, -0.15) is 9.97 Å². The maximum Gasteiger partial charge on any atom is 0.228 e. The Kier molecular flexibility index (Phi) is 6.01. The molecule has 0 unspecified atom stereocenters. The van der Waals surface area contributed by atoms with Gasteiger partial charge in [-0.3, -0.25) is 0 Å². The summed E-state index contributed by atoms with van der Waals surface area (Å²) in [7, 11) is 2.14. The molecule has 0 aliphatic rings. The Morgan fingerprint density at radius 2 is 1.71 bits per heavy atom. The van der Waals surface area contributed by atoms with Crippen molar-refractivity contribution >= 4 is 8.07 Å². The predicted molar refractivity (Wildman–Crippen MR) is 97.4 cm³/mol. The van der Waals surface area contributed by atoms with E-state index in [0.29, 0.717) is 24.3 Å². The van der Waals surface area contributed by atoms with Crippen LogP contribution in [0, 0.1) is 6.92 Å². The molecular weight excluding hydrogens is 322 g/mol. The van der Waals surface area contributed by atoms with Crippen LogP contribution in [0.3, 0.4) is 0 Å². The average molecular weight is 350 g/mol. The van der Waals surface area contributed by atoms with E-state index in [4.69, 9.17) is 14.2 Å². The van der Waals surface area contributed by atoms with Gasteiger partial charge in [-0.1, -0.05) is 19.6 Å². The summed E-state index contributed by atoms with van der Waals surface area (Å²) in [6.45, 7) is 10.2. The van der Waals surface area contributed by atoms with Crippen molar-refractivity contribution in [1.82, 2.24) is 14.5 Å². The van der Waals surface area contributed by atoms with Crippen molar-refractivity contribution in [3.63, 3.8) is 0 Å². The Morgan fingerprint density at radius 3 is 2.25 bits per heavy atom. The lowest BCUT2D eigenvalue weighted by molar-refractivity contribution is 0.0875. The molecule has 0 aliphatic carbocycles. The van der Waals surface area contributed by atoms with Crippen LogP contribution in [0.15, 0.2) is 18.5 Å². The second-order valence-electron chi connectivity index (χ2n) is 6.93. The molecule has 2 heterocycles. The largest absolute Gasteiger partial charge is 0.480 e. The molecule has 0 bridgehead atoms. The van der Waals surface area contributed by atoms with E-state index >= 15 is 0 Å². The third-order valence-corrected chi connectivity index (χ3v) is 5.32. The van der Waals surface area contributed by atoms with E-state index in [1.165, 1.54) is 0 Å². The van der Waals surface area contributed by atoms with Gasteiger partial charge in [0.2, 0.25) is 11.8 Å². The quantitative estimate of drug-likeness (QED) is 0.538. The highest BCUT2D eigenvalue weighted by Crippen LogP contribution is 2.35. The minimum Gasteiger partial charge on any atom is -0.480 e. The zero-order valence-electron chi connectivity index (χ0n) is 15.4. The third kappa shape index (κ3) is 4.81. The smallest absolute Gasteiger partial charge is 0.228 e. The van der Waals surface area contributed by atoms with Gasteiger partial charge in [-0.25, -0.2) is 0 Å². The van der Waals surface area contributed by atoms with Gasteiger partial charge >= 0.3 is 0 Å². The molecule has 24 heavy (non-hydrogen) atoms. The van der Waals surface area contributed by atoms with Crippen LogP contribution in [0.2, 0.25) is 25.7 Å². The Morgan fingerprint density at radius 1 is 1.08 bits per heavy atom. The molecule has 0 radical (unpaired) electrons. The van der Waals surface area contributed by atoms with Crippen molar-refractivity contribution in [1.29, 1.82) is 0 Å². The second kappa shape index (κ2) is 7.81. The number of nitrogens with zero attached hydrogens (tertiary/aromatic N) is 3. The van der Waals surface area contributed by atoms with E-state index in [2.05, 4.69) is 29.6 Å². The summed E-state index contributed by atoms with van der Waals surface area (Å²) in [5, 5.41) is 0. The van der Waals surface area contributed by atoms with Gasteiger partial charge in [-0.05, 0) is 19.0 Å². The first-order valence-corrected chi connectivity index (χ1v) is 11.8. The molecule has 0 atom stereocenters. The number of aryl methyl sites for hydroxylation is 1. The number of rotatable bonds is 8. The molecule has 0 N–H and O–H groups in total. The summed E-state index contributed by atoms with van der Waals surface area (Å²) < 4.78 is 18.6. The Bertz CT molecular complexity index is 655. The molecule has 2 rings (SSSR count). The topological polar surface area (TPSA) is 58.4 Å². The molecule has 7 heteroatoms. The van der Waals surface area contributed by atoms with Gasteiger partial charge in [0.15, 0.2) is 0 Å². The van der Waals surface area contributed by atoms with Crippen LogP contribution in [0.1, 0.15) is 5.82 Å². The summed E-state index contributed by atoms with van der Waals surface area (Å²) in [6.07, 6.45) is 3.97. The van der Waals surface area contributed by atoms with Crippen molar-refractivity contribution < 1.29 is 14.2 Å². The Balaban J connectivity index is 2.13. The van der Waals surface area contributed by atoms with Gasteiger partial charge in [0.1, 0.15) is 18.1 Å². The molecule has 0 saturated heterocycles. The molecule has 0 fully saturated rings. The molecule has 2 aromatic heterocycles. The van der Waals surface area contributed by atoms with Crippen LogP contribution in [-0.4, -0.2) is 43.4 Å². The van der Waals surface area contributed by atoms with Gasteiger partial charge in [0.25, 0.3) is 0 Å². The van der Waals surface area contributed by atoms with Crippen LogP contribution in [0.25, 0.3) is 11.1 Å². The van der Waals surface area contributed by atoms with Crippen LogP contribution < -0.4 is 9.47 Å². The second-order valence-corrected chi connectivity index (χ2v) is 12.5. The van der Waals surface area contributed by atoms with Crippen LogP contribution in [0.4, 0.5) is 0 Å². The van der Waals surface area contributed by atoms with Crippen molar-refractivity contribution in [2.24, 2.45) is 0 Å². The van der Waals surface area contributed by atoms with Gasteiger partial charge in [0, 0.05) is 32.6 Å². The van der Waals surface area contributed by atoms with E-state index < -0.39 is 8.07 Å². The number of methoxy groups -OCH3 is 2. The first-order chi connectivity index (χ1) is 11.3. The van der Waals surface area contributed by atoms with Crippen molar-refractivity contribution in [2.75, 3.05) is 20.8 Å². The maximum atomic E-state index is 5.78. The first kappa shape index (κ1) is 18.5. The highest BCUT2D eigenvalue weighted by atomic mass is 28.3. The fraction of sp³-hybridized carbons (Fsp3) is 0.529. The number of aromatic nitrogens is 3. The standard InChI is InChI=1S/C17H27N3O3Si/c1-13-18-16(21-2)15(17(19-13)22-3)14-7-8-20(11-14)12-23-9-10-24(4,5)6/h7-8,11H,9-10,12H2,1-6H3. The fourth-order valence-corrected chi connectivity index (χ4v) is 3.04. The minimum atomic E-state index is -1.06. The molecule has 6 nitrogen and oxygen atoms in total. The SMILES string of the molecule is COc1nc(C)nc(OC)c1-c1ccn(COCC[Si](C)(C)C)c1. The maximum absolute atomic E-state index is 5.78. The van der Waals surface area contributed by atoms with Crippen molar-refractivity contribution in [3.05, 3.63) is 24.3 Å². The van der Waals surface area contributed by atoms with Crippen LogP contribution in [0.5, 0.6) is 11.8 Å². The molecule has 0 spiro atoms. The van der Waals surface area contributed by atoms with E-state index in [1.807, 2.05) is 30.0 Å². The summed E-state index contributed by atoms with van der Waals surface area (Å²) in [4.78, 5) is 8.68. The minimum absolute atomic E-state index is 0.511. The van der Waals surface area contributed by atoms with Gasteiger partial charge in [0.05, 0.1) is 14.2 Å². The molecule has 0 aromatic carbocycles. The highest BCUT2D eigenvalue weighted by molar-refractivity contribution is 6.76. The lowest BCUT2D eigenvalue weighted by Crippen LogP contribution is -2.21. The fourth-order valence-electron chi connectivity index (χ4n) is 2.28. The zero-order chi connectivity index (χ0) is 17.7. The molecular formula is C17H27N3O3Si. The number of hydrogen-bond donors (Lipinski definition) is 0.